The van der Waals surface area contributed by atoms with Gasteiger partial charge in [0.25, 0.3) is 0 Å². The molecule has 0 amide bonds. The average molecular weight is 251 g/mol. The van der Waals surface area contributed by atoms with Gasteiger partial charge in [-0.05, 0) is 29.3 Å². The molecular formula is C16H13NO2. The highest BCUT2D eigenvalue weighted by Crippen LogP contribution is 2.27. The van der Waals surface area contributed by atoms with Gasteiger partial charge in [-0.3, -0.25) is 4.98 Å². The van der Waals surface area contributed by atoms with Crippen LogP contribution in [0.3, 0.4) is 0 Å². The Bertz CT molecular complexity index is 708. The molecule has 3 aromatic rings. The van der Waals surface area contributed by atoms with Crippen molar-refractivity contribution >= 4 is 10.9 Å². The lowest BCUT2D eigenvalue weighted by molar-refractivity contribution is -0.0413. The lowest BCUT2D eigenvalue weighted by atomic mass is 10.0. The second-order valence-corrected chi connectivity index (χ2v) is 4.37. The minimum absolute atomic E-state index is 0.475. The Morgan fingerprint density at radius 1 is 0.842 bits per heavy atom. The van der Waals surface area contributed by atoms with Crippen LogP contribution in [0.4, 0.5) is 0 Å². The first-order chi connectivity index (χ1) is 9.25. The van der Waals surface area contributed by atoms with Crippen LogP contribution in [0.15, 0.2) is 60.8 Å². The minimum atomic E-state index is -1.49. The molecule has 0 aliphatic heterocycles. The molecule has 2 N–H and O–H groups in total. The van der Waals surface area contributed by atoms with Gasteiger partial charge in [-0.2, -0.15) is 0 Å². The van der Waals surface area contributed by atoms with Crippen LogP contribution in [0, 0.1) is 0 Å². The van der Waals surface area contributed by atoms with Crippen LogP contribution < -0.4 is 0 Å². The highest BCUT2D eigenvalue weighted by Gasteiger charge is 2.09. The lowest BCUT2D eigenvalue weighted by Gasteiger charge is -2.09. The molecule has 3 nitrogen and oxygen atoms in total. The van der Waals surface area contributed by atoms with Crippen LogP contribution in [-0.2, 0) is 0 Å². The zero-order valence-electron chi connectivity index (χ0n) is 10.2. The molecule has 0 saturated heterocycles. The van der Waals surface area contributed by atoms with Crippen molar-refractivity contribution in [2.24, 2.45) is 0 Å². The van der Waals surface area contributed by atoms with Gasteiger partial charge in [-0.15, -0.1) is 0 Å². The topological polar surface area (TPSA) is 53.4 Å². The third kappa shape index (κ3) is 2.21. The number of pyridine rings is 1. The summed E-state index contributed by atoms with van der Waals surface area (Å²) in [5.41, 5.74) is 3.35. The summed E-state index contributed by atoms with van der Waals surface area (Å²) < 4.78 is 0. The Morgan fingerprint density at radius 3 is 2.37 bits per heavy atom. The second-order valence-electron chi connectivity index (χ2n) is 4.37. The van der Waals surface area contributed by atoms with Crippen molar-refractivity contribution in [3.8, 4) is 11.1 Å². The fourth-order valence-electron chi connectivity index (χ4n) is 2.20. The zero-order valence-corrected chi connectivity index (χ0v) is 10.2. The molecule has 0 fully saturated rings. The number of aliphatic hydroxyl groups excluding tert-OH is 1. The van der Waals surface area contributed by atoms with Crippen LogP contribution in [0.1, 0.15) is 11.9 Å². The summed E-state index contributed by atoms with van der Waals surface area (Å²) in [5.74, 6) is 0. The highest BCUT2D eigenvalue weighted by atomic mass is 16.5. The van der Waals surface area contributed by atoms with Gasteiger partial charge < -0.3 is 10.2 Å². The van der Waals surface area contributed by atoms with Gasteiger partial charge in [-0.1, -0.05) is 36.4 Å². The summed E-state index contributed by atoms with van der Waals surface area (Å²) in [6.07, 6.45) is 0.0933. The molecule has 1 aromatic heterocycles. The van der Waals surface area contributed by atoms with E-state index in [9.17, 15) is 10.2 Å². The second kappa shape index (κ2) is 4.80. The van der Waals surface area contributed by atoms with Gasteiger partial charge >= 0.3 is 0 Å². The van der Waals surface area contributed by atoms with E-state index in [0.29, 0.717) is 5.56 Å². The highest BCUT2D eigenvalue weighted by molar-refractivity contribution is 5.87. The van der Waals surface area contributed by atoms with E-state index in [1.54, 1.807) is 12.3 Å². The van der Waals surface area contributed by atoms with E-state index in [-0.39, 0.29) is 0 Å². The van der Waals surface area contributed by atoms with E-state index < -0.39 is 6.29 Å². The number of benzene rings is 2. The number of fused-ring (bicyclic) bond motifs is 1. The predicted octanol–water partition coefficient (Wildman–Crippen LogP) is 2.89. The van der Waals surface area contributed by atoms with Crippen LogP contribution in [0.5, 0.6) is 0 Å². The van der Waals surface area contributed by atoms with Crippen molar-refractivity contribution in [1.29, 1.82) is 0 Å². The summed E-state index contributed by atoms with van der Waals surface area (Å²) >= 11 is 0. The largest absolute Gasteiger partial charge is 0.364 e. The molecule has 0 radical (unpaired) electrons. The maximum Gasteiger partial charge on any atom is 0.179 e. The van der Waals surface area contributed by atoms with Gasteiger partial charge in [0.1, 0.15) is 0 Å². The number of rotatable bonds is 2. The standard InChI is InChI=1S/C16H13NO2/c18-16(19)13-8-9-17-15-7-6-12(10-14(13)15)11-4-2-1-3-5-11/h1-10,16,18-19H. The number of aromatic nitrogens is 1. The molecule has 3 heteroatoms. The molecule has 0 spiro atoms. The van der Waals surface area contributed by atoms with Crippen molar-refractivity contribution in [2.75, 3.05) is 0 Å². The molecule has 0 unspecified atom stereocenters. The molecule has 2 aromatic carbocycles. The minimum Gasteiger partial charge on any atom is -0.364 e. The van der Waals surface area contributed by atoms with Crippen molar-refractivity contribution < 1.29 is 10.2 Å². The Hall–Kier alpha value is -2.23. The first-order valence-electron chi connectivity index (χ1n) is 6.06. The van der Waals surface area contributed by atoms with Crippen molar-refractivity contribution in [2.45, 2.75) is 6.29 Å². The van der Waals surface area contributed by atoms with Crippen LogP contribution in [-0.4, -0.2) is 15.2 Å². The Morgan fingerprint density at radius 2 is 1.63 bits per heavy atom. The Balaban J connectivity index is 2.22. The third-order valence-corrected chi connectivity index (χ3v) is 3.16. The van der Waals surface area contributed by atoms with E-state index in [2.05, 4.69) is 4.98 Å². The van der Waals surface area contributed by atoms with E-state index >= 15 is 0 Å². The summed E-state index contributed by atoms with van der Waals surface area (Å²) in [4.78, 5) is 4.24. The smallest absolute Gasteiger partial charge is 0.179 e. The molecule has 0 aliphatic rings. The first kappa shape index (κ1) is 11.8. The molecule has 1 heterocycles. The number of hydrogen-bond donors (Lipinski definition) is 2. The van der Waals surface area contributed by atoms with Crippen LogP contribution in [0.25, 0.3) is 22.0 Å². The maximum absolute atomic E-state index is 9.41. The van der Waals surface area contributed by atoms with Crippen molar-refractivity contribution in [1.82, 2.24) is 4.98 Å². The van der Waals surface area contributed by atoms with Gasteiger partial charge in [0.15, 0.2) is 6.29 Å². The molecule has 19 heavy (non-hydrogen) atoms. The third-order valence-electron chi connectivity index (χ3n) is 3.16. The van der Waals surface area contributed by atoms with Crippen molar-refractivity contribution in [3.05, 3.63) is 66.4 Å². The van der Waals surface area contributed by atoms with Gasteiger partial charge in [0.05, 0.1) is 5.52 Å². The summed E-state index contributed by atoms with van der Waals surface area (Å²) in [6.45, 7) is 0. The fraction of sp³-hybridized carbons (Fsp3) is 0.0625. The maximum atomic E-state index is 9.41. The molecule has 0 bridgehead atoms. The van der Waals surface area contributed by atoms with E-state index in [1.165, 1.54) is 0 Å². The molecule has 0 saturated carbocycles. The summed E-state index contributed by atoms with van der Waals surface area (Å²) in [5, 5.41) is 19.6. The monoisotopic (exact) mass is 251 g/mol. The van der Waals surface area contributed by atoms with Crippen LogP contribution in [0.2, 0.25) is 0 Å². The van der Waals surface area contributed by atoms with E-state index in [4.69, 9.17) is 0 Å². The van der Waals surface area contributed by atoms with Crippen LogP contribution >= 0.6 is 0 Å². The summed E-state index contributed by atoms with van der Waals surface area (Å²) in [6, 6.07) is 17.4. The van der Waals surface area contributed by atoms with Gasteiger partial charge in [0.2, 0.25) is 0 Å². The van der Waals surface area contributed by atoms with E-state index in [1.807, 2.05) is 48.5 Å². The summed E-state index contributed by atoms with van der Waals surface area (Å²) in [7, 11) is 0. The SMILES string of the molecule is OC(O)c1ccnc2ccc(-c3ccccc3)cc12. The molecule has 0 atom stereocenters. The average Bonchev–Trinajstić information content (AvgIpc) is 2.47. The number of hydrogen-bond acceptors (Lipinski definition) is 3. The molecular weight excluding hydrogens is 238 g/mol. The molecule has 0 aliphatic carbocycles. The quantitative estimate of drug-likeness (QED) is 0.688. The Kier molecular flexibility index (Phi) is 2.99. The lowest BCUT2D eigenvalue weighted by Crippen LogP contribution is -1.97. The normalized spacial score (nSPS) is 11.1. The Labute approximate surface area is 110 Å². The van der Waals surface area contributed by atoms with Crippen molar-refractivity contribution in [3.63, 3.8) is 0 Å². The molecule has 94 valence electrons. The van der Waals surface area contributed by atoms with Gasteiger partial charge in [0, 0.05) is 17.1 Å². The zero-order chi connectivity index (χ0) is 13.2. The van der Waals surface area contributed by atoms with Gasteiger partial charge in [-0.25, -0.2) is 0 Å². The van der Waals surface area contributed by atoms with E-state index in [0.717, 1.165) is 22.0 Å². The number of nitrogens with zero attached hydrogens (tertiary/aromatic N) is 1. The first-order valence-corrected chi connectivity index (χ1v) is 6.06. The number of aliphatic hydroxyl groups is 2. The molecule has 3 rings (SSSR count). The predicted molar refractivity (Wildman–Crippen MR) is 74.4 cm³/mol. The fourth-order valence-corrected chi connectivity index (χ4v) is 2.20.